The average molecular weight is 441 g/mol. The van der Waals surface area contributed by atoms with Crippen LogP contribution in [0.15, 0.2) is 24.3 Å². The standard InChI is InChI=1S/C31H52O/c1-3-5-6-7-8-13-27-14-9-10-15-28(27)16-11-25-32-31-23-21-30(22-24-31)29-19-17-26(12-4-2)18-20-29/h21-24,26-29H,3-20,25H2,1-2H3. The van der Waals surface area contributed by atoms with Gasteiger partial charge in [-0.15, -0.1) is 0 Å². The van der Waals surface area contributed by atoms with Gasteiger partial charge in [0.2, 0.25) is 0 Å². The van der Waals surface area contributed by atoms with Crippen LogP contribution in [-0.2, 0) is 0 Å². The molecule has 2 atom stereocenters. The predicted octanol–water partition coefficient (Wildman–Crippen LogP) is 10.1. The van der Waals surface area contributed by atoms with E-state index in [0.717, 1.165) is 36.0 Å². The molecule has 2 unspecified atom stereocenters. The Hall–Kier alpha value is -0.980. The Morgan fingerprint density at radius 3 is 1.97 bits per heavy atom. The van der Waals surface area contributed by atoms with Crippen LogP contribution in [-0.4, -0.2) is 6.61 Å². The van der Waals surface area contributed by atoms with Gasteiger partial charge in [-0.1, -0.05) is 103 Å². The molecule has 2 aliphatic carbocycles. The highest BCUT2D eigenvalue weighted by Gasteiger charge is 2.24. The third-order valence-corrected chi connectivity index (χ3v) is 8.63. The first-order valence-corrected chi connectivity index (χ1v) is 14.5. The molecular formula is C31H52O. The van der Waals surface area contributed by atoms with Gasteiger partial charge in [-0.3, -0.25) is 0 Å². The largest absolute Gasteiger partial charge is 0.494 e. The van der Waals surface area contributed by atoms with Gasteiger partial charge in [0, 0.05) is 0 Å². The van der Waals surface area contributed by atoms with Crippen molar-refractivity contribution >= 4 is 0 Å². The number of rotatable bonds is 14. The van der Waals surface area contributed by atoms with Gasteiger partial charge in [0.15, 0.2) is 0 Å². The fraction of sp³-hybridized carbons (Fsp3) is 0.806. The molecule has 0 heterocycles. The molecule has 0 saturated heterocycles. The molecule has 0 radical (unpaired) electrons. The van der Waals surface area contributed by atoms with Crippen LogP contribution in [0.25, 0.3) is 0 Å². The first-order valence-electron chi connectivity index (χ1n) is 14.5. The van der Waals surface area contributed by atoms with Crippen LogP contribution in [0.3, 0.4) is 0 Å². The molecule has 2 saturated carbocycles. The molecule has 2 aliphatic rings. The summed E-state index contributed by atoms with van der Waals surface area (Å²) in [6, 6.07) is 9.14. The molecule has 2 fully saturated rings. The molecule has 182 valence electrons. The van der Waals surface area contributed by atoms with Crippen LogP contribution in [0, 0.1) is 17.8 Å². The van der Waals surface area contributed by atoms with Gasteiger partial charge in [0.05, 0.1) is 6.61 Å². The van der Waals surface area contributed by atoms with Gasteiger partial charge in [0.1, 0.15) is 5.75 Å². The Morgan fingerprint density at radius 1 is 0.656 bits per heavy atom. The summed E-state index contributed by atoms with van der Waals surface area (Å²) in [7, 11) is 0. The van der Waals surface area contributed by atoms with Crippen molar-refractivity contribution in [3.8, 4) is 5.75 Å². The molecule has 1 nitrogen and oxygen atoms in total. The first kappa shape index (κ1) is 25.6. The van der Waals surface area contributed by atoms with E-state index in [1.807, 2.05) is 0 Å². The van der Waals surface area contributed by atoms with E-state index >= 15 is 0 Å². The SMILES string of the molecule is CCCCCCCC1CCCCC1CCCOc1ccc(C2CCC(CCC)CC2)cc1. The summed E-state index contributed by atoms with van der Waals surface area (Å²) < 4.78 is 6.15. The summed E-state index contributed by atoms with van der Waals surface area (Å²) in [5, 5.41) is 0. The zero-order chi connectivity index (χ0) is 22.4. The molecule has 1 aromatic rings. The van der Waals surface area contributed by atoms with E-state index in [9.17, 15) is 0 Å². The van der Waals surface area contributed by atoms with Crippen LogP contribution < -0.4 is 4.74 Å². The number of hydrogen-bond acceptors (Lipinski definition) is 1. The lowest BCUT2D eigenvalue weighted by molar-refractivity contribution is 0.190. The zero-order valence-corrected chi connectivity index (χ0v) is 21.5. The first-order chi connectivity index (χ1) is 15.8. The maximum absolute atomic E-state index is 6.15. The normalized spacial score (nSPS) is 26.2. The van der Waals surface area contributed by atoms with E-state index in [1.54, 1.807) is 0 Å². The second kappa shape index (κ2) is 15.0. The predicted molar refractivity (Wildman–Crippen MR) is 140 cm³/mol. The van der Waals surface area contributed by atoms with Gasteiger partial charge < -0.3 is 4.74 Å². The third kappa shape index (κ3) is 8.75. The van der Waals surface area contributed by atoms with Crippen molar-refractivity contribution in [2.24, 2.45) is 17.8 Å². The minimum absolute atomic E-state index is 0.780. The molecule has 3 rings (SSSR count). The highest BCUT2D eigenvalue weighted by Crippen LogP contribution is 2.38. The van der Waals surface area contributed by atoms with E-state index in [1.165, 1.54) is 121 Å². The topological polar surface area (TPSA) is 9.23 Å². The molecule has 32 heavy (non-hydrogen) atoms. The Kier molecular flexibility index (Phi) is 12.0. The van der Waals surface area contributed by atoms with E-state index in [2.05, 4.69) is 38.1 Å². The molecule has 0 N–H and O–H groups in total. The van der Waals surface area contributed by atoms with Crippen molar-refractivity contribution in [2.45, 2.75) is 135 Å². The second-order valence-electron chi connectivity index (χ2n) is 11.1. The molecule has 0 amide bonds. The van der Waals surface area contributed by atoms with Gasteiger partial charge in [-0.25, -0.2) is 0 Å². The molecule has 1 heteroatoms. The van der Waals surface area contributed by atoms with Crippen molar-refractivity contribution in [3.63, 3.8) is 0 Å². The maximum Gasteiger partial charge on any atom is 0.119 e. The number of unbranched alkanes of at least 4 members (excludes halogenated alkanes) is 4. The number of benzene rings is 1. The average Bonchev–Trinajstić information content (AvgIpc) is 2.84. The molecule has 0 aliphatic heterocycles. The quantitative estimate of drug-likeness (QED) is 0.261. The fourth-order valence-electron chi connectivity index (χ4n) is 6.62. The maximum atomic E-state index is 6.15. The van der Waals surface area contributed by atoms with E-state index in [4.69, 9.17) is 4.74 Å². The Balaban J connectivity index is 1.32. The second-order valence-corrected chi connectivity index (χ2v) is 11.1. The van der Waals surface area contributed by atoms with Crippen molar-refractivity contribution < 1.29 is 4.74 Å². The molecule has 0 aromatic heterocycles. The lowest BCUT2D eigenvalue weighted by Gasteiger charge is -2.32. The number of hydrogen-bond donors (Lipinski definition) is 0. The van der Waals surface area contributed by atoms with E-state index in [-0.39, 0.29) is 0 Å². The van der Waals surface area contributed by atoms with Crippen molar-refractivity contribution in [1.29, 1.82) is 0 Å². The molecule has 0 bridgehead atoms. The summed E-state index contributed by atoms with van der Waals surface area (Å²) in [5.41, 5.74) is 1.54. The summed E-state index contributed by atoms with van der Waals surface area (Å²) in [6.45, 7) is 5.53. The molecular weight excluding hydrogens is 388 g/mol. The van der Waals surface area contributed by atoms with Gasteiger partial charge in [-0.2, -0.15) is 0 Å². The van der Waals surface area contributed by atoms with E-state index < -0.39 is 0 Å². The van der Waals surface area contributed by atoms with Gasteiger partial charge >= 0.3 is 0 Å². The smallest absolute Gasteiger partial charge is 0.119 e. The summed E-state index contributed by atoms with van der Waals surface area (Å²) in [6.07, 6.45) is 25.5. The van der Waals surface area contributed by atoms with E-state index in [0.29, 0.717) is 0 Å². The number of ether oxygens (including phenoxy) is 1. The van der Waals surface area contributed by atoms with Crippen LogP contribution >= 0.6 is 0 Å². The molecule has 1 aromatic carbocycles. The van der Waals surface area contributed by atoms with Crippen LogP contribution in [0.1, 0.15) is 141 Å². The highest BCUT2D eigenvalue weighted by atomic mass is 16.5. The lowest BCUT2D eigenvalue weighted by atomic mass is 9.74. The van der Waals surface area contributed by atoms with Crippen LogP contribution in [0.4, 0.5) is 0 Å². The zero-order valence-electron chi connectivity index (χ0n) is 21.5. The van der Waals surface area contributed by atoms with Gasteiger partial charge in [0.25, 0.3) is 0 Å². The summed E-state index contributed by atoms with van der Waals surface area (Å²) in [5.74, 6) is 4.80. The fourth-order valence-corrected chi connectivity index (χ4v) is 6.62. The Labute approximate surface area is 200 Å². The van der Waals surface area contributed by atoms with Crippen molar-refractivity contribution in [2.75, 3.05) is 6.61 Å². The van der Waals surface area contributed by atoms with Gasteiger partial charge in [-0.05, 0) is 79.9 Å². The van der Waals surface area contributed by atoms with Crippen molar-refractivity contribution in [3.05, 3.63) is 29.8 Å². The molecule has 0 spiro atoms. The third-order valence-electron chi connectivity index (χ3n) is 8.63. The lowest BCUT2D eigenvalue weighted by Crippen LogP contribution is -2.20. The monoisotopic (exact) mass is 440 g/mol. The minimum atomic E-state index is 0.780. The summed E-state index contributed by atoms with van der Waals surface area (Å²) >= 11 is 0. The van der Waals surface area contributed by atoms with Crippen molar-refractivity contribution in [1.82, 2.24) is 0 Å². The van der Waals surface area contributed by atoms with Crippen LogP contribution in [0.2, 0.25) is 0 Å². The summed E-state index contributed by atoms with van der Waals surface area (Å²) in [4.78, 5) is 0. The Morgan fingerprint density at radius 2 is 1.31 bits per heavy atom. The Bertz CT molecular complexity index is 583. The van der Waals surface area contributed by atoms with Crippen LogP contribution in [0.5, 0.6) is 5.75 Å². The minimum Gasteiger partial charge on any atom is -0.494 e. The highest BCUT2D eigenvalue weighted by molar-refractivity contribution is 5.29.